The lowest BCUT2D eigenvalue weighted by Crippen LogP contribution is -2.36. The maximum absolute atomic E-state index is 11.9. The fourth-order valence-corrected chi connectivity index (χ4v) is 2.29. The summed E-state index contributed by atoms with van der Waals surface area (Å²) in [6.45, 7) is 1.86. The van der Waals surface area contributed by atoms with Gasteiger partial charge in [0.1, 0.15) is 0 Å². The molecule has 1 aromatic heterocycles. The van der Waals surface area contributed by atoms with Crippen LogP contribution in [0.1, 0.15) is 6.92 Å². The number of rotatable bonds is 5. The summed E-state index contributed by atoms with van der Waals surface area (Å²) in [5, 5.41) is 13.2. The third kappa shape index (κ3) is 2.58. The van der Waals surface area contributed by atoms with E-state index >= 15 is 0 Å². The molecule has 0 aliphatic heterocycles. The third-order valence-corrected chi connectivity index (χ3v) is 3.98. The molecule has 8 heteroatoms. The monoisotopic (exact) mass is 245 g/mol. The van der Waals surface area contributed by atoms with E-state index in [0.717, 1.165) is 4.31 Å². The molecule has 0 saturated heterocycles. The Labute approximate surface area is 94.2 Å². The van der Waals surface area contributed by atoms with E-state index < -0.39 is 10.0 Å². The highest BCUT2D eigenvalue weighted by Gasteiger charge is 2.24. The van der Waals surface area contributed by atoms with Gasteiger partial charge < -0.3 is 5.73 Å². The molecule has 0 amide bonds. The molecule has 0 aromatic carbocycles. The molecular weight excluding hydrogens is 230 g/mol. The summed E-state index contributed by atoms with van der Waals surface area (Å²) in [6.07, 6.45) is 1.37. The molecule has 1 atom stereocenters. The number of H-pyrrole nitrogens is 1. The zero-order valence-electron chi connectivity index (χ0n) is 9.14. The highest BCUT2D eigenvalue weighted by Crippen LogP contribution is 2.11. The Kier molecular flexibility index (Phi) is 3.66. The van der Waals surface area contributed by atoms with Crippen molar-refractivity contribution in [3.05, 3.63) is 12.3 Å². The van der Waals surface area contributed by atoms with Crippen LogP contribution in [0.15, 0.2) is 17.3 Å². The quantitative estimate of drug-likeness (QED) is 0.483. The van der Waals surface area contributed by atoms with E-state index in [9.17, 15) is 8.42 Å². The average molecular weight is 245 g/mol. The van der Waals surface area contributed by atoms with Crippen molar-refractivity contribution in [1.29, 1.82) is 5.41 Å². The summed E-state index contributed by atoms with van der Waals surface area (Å²) in [6, 6.07) is 1.38. The predicted molar refractivity (Wildman–Crippen MR) is 59.5 cm³/mol. The summed E-state index contributed by atoms with van der Waals surface area (Å²) in [4.78, 5) is 0. The molecule has 90 valence electrons. The summed E-state index contributed by atoms with van der Waals surface area (Å²) < 4.78 is 24.9. The van der Waals surface area contributed by atoms with Gasteiger partial charge in [0, 0.05) is 19.5 Å². The molecule has 0 aliphatic carbocycles. The fourth-order valence-electron chi connectivity index (χ4n) is 1.14. The Morgan fingerprint density at radius 2 is 2.38 bits per heavy atom. The van der Waals surface area contributed by atoms with Crippen LogP contribution in [0.5, 0.6) is 0 Å². The topological polar surface area (TPSA) is 116 Å². The van der Waals surface area contributed by atoms with Gasteiger partial charge in [-0.1, -0.05) is 6.92 Å². The normalized spacial score (nSPS) is 13.9. The maximum atomic E-state index is 11.9. The Morgan fingerprint density at radius 1 is 1.75 bits per heavy atom. The molecular formula is C8H15N5O2S. The minimum absolute atomic E-state index is 0.0331. The van der Waals surface area contributed by atoms with Gasteiger partial charge in [0.15, 0.2) is 5.03 Å². The molecule has 4 N–H and O–H groups in total. The summed E-state index contributed by atoms with van der Waals surface area (Å²) in [7, 11) is -2.12. The van der Waals surface area contributed by atoms with E-state index in [2.05, 4.69) is 10.2 Å². The molecule has 0 aliphatic rings. The highest BCUT2D eigenvalue weighted by molar-refractivity contribution is 7.89. The van der Waals surface area contributed by atoms with E-state index in [-0.39, 0.29) is 23.3 Å². The number of aromatic amines is 1. The third-order valence-electron chi connectivity index (χ3n) is 2.23. The highest BCUT2D eigenvalue weighted by atomic mass is 32.2. The molecule has 7 nitrogen and oxygen atoms in total. The van der Waals surface area contributed by atoms with Crippen molar-refractivity contribution in [3.8, 4) is 0 Å². The first-order valence-corrected chi connectivity index (χ1v) is 6.09. The number of nitrogens with one attached hydrogen (secondary N) is 2. The molecule has 1 unspecified atom stereocenters. The molecule has 0 radical (unpaired) electrons. The van der Waals surface area contributed by atoms with Crippen LogP contribution in [0, 0.1) is 11.3 Å². The van der Waals surface area contributed by atoms with Crippen molar-refractivity contribution < 1.29 is 8.42 Å². The fraction of sp³-hybridized carbons (Fsp3) is 0.500. The lowest BCUT2D eigenvalue weighted by atomic mass is 10.2. The maximum Gasteiger partial charge on any atom is 0.259 e. The second-order valence-corrected chi connectivity index (χ2v) is 5.58. The van der Waals surface area contributed by atoms with Gasteiger partial charge in [-0.3, -0.25) is 10.5 Å². The molecule has 1 rings (SSSR count). The molecule has 16 heavy (non-hydrogen) atoms. The van der Waals surface area contributed by atoms with Crippen molar-refractivity contribution in [3.63, 3.8) is 0 Å². The second kappa shape index (κ2) is 4.62. The smallest absolute Gasteiger partial charge is 0.259 e. The number of nitrogens with two attached hydrogens (primary N) is 1. The average Bonchev–Trinajstić information content (AvgIpc) is 2.70. The summed E-state index contributed by atoms with van der Waals surface area (Å²) >= 11 is 0. The zero-order chi connectivity index (χ0) is 12.3. The molecule has 1 aromatic rings. The number of sulfonamides is 1. The van der Waals surface area contributed by atoms with Gasteiger partial charge >= 0.3 is 0 Å². The van der Waals surface area contributed by atoms with Gasteiger partial charge in [-0.2, -0.15) is 9.40 Å². The zero-order valence-corrected chi connectivity index (χ0v) is 9.95. The number of amidine groups is 1. The van der Waals surface area contributed by atoms with Gasteiger partial charge in [-0.25, -0.2) is 8.42 Å². The van der Waals surface area contributed by atoms with Crippen LogP contribution in [0.3, 0.4) is 0 Å². The predicted octanol–water partition coefficient (Wildman–Crippen LogP) is -0.398. The lowest BCUT2D eigenvalue weighted by Gasteiger charge is -2.19. The minimum Gasteiger partial charge on any atom is -0.387 e. The summed E-state index contributed by atoms with van der Waals surface area (Å²) in [5.74, 6) is -0.352. The van der Waals surface area contributed by atoms with Crippen LogP contribution >= 0.6 is 0 Å². The first-order valence-electron chi connectivity index (χ1n) is 4.65. The number of nitrogens with zero attached hydrogens (tertiary/aromatic N) is 2. The number of aromatic nitrogens is 2. The van der Waals surface area contributed by atoms with Gasteiger partial charge in [0.25, 0.3) is 10.0 Å². The second-order valence-electron chi connectivity index (χ2n) is 3.56. The van der Waals surface area contributed by atoms with Crippen LogP contribution in [-0.2, 0) is 10.0 Å². The van der Waals surface area contributed by atoms with Crippen LogP contribution in [0.25, 0.3) is 0 Å². The van der Waals surface area contributed by atoms with E-state index in [1.54, 1.807) is 6.92 Å². The van der Waals surface area contributed by atoms with Crippen molar-refractivity contribution in [2.45, 2.75) is 11.9 Å². The molecule has 0 fully saturated rings. The van der Waals surface area contributed by atoms with Gasteiger partial charge in [-0.05, 0) is 6.07 Å². The van der Waals surface area contributed by atoms with Gasteiger partial charge in [0.05, 0.1) is 12.0 Å². The Balaban J connectivity index is 2.82. The van der Waals surface area contributed by atoms with Crippen molar-refractivity contribution in [2.24, 2.45) is 11.7 Å². The van der Waals surface area contributed by atoms with E-state index in [1.807, 2.05) is 0 Å². The molecule has 0 spiro atoms. The first kappa shape index (κ1) is 12.7. The Morgan fingerprint density at radius 3 is 2.81 bits per heavy atom. The van der Waals surface area contributed by atoms with E-state index in [1.165, 1.54) is 19.3 Å². The Hall–Kier alpha value is -1.41. The molecule has 0 saturated carbocycles. The van der Waals surface area contributed by atoms with Gasteiger partial charge in [-0.15, -0.1) is 0 Å². The van der Waals surface area contributed by atoms with Gasteiger partial charge in [0.2, 0.25) is 0 Å². The van der Waals surface area contributed by atoms with Crippen molar-refractivity contribution in [2.75, 3.05) is 13.6 Å². The van der Waals surface area contributed by atoms with Crippen LogP contribution in [-0.4, -0.2) is 42.3 Å². The minimum atomic E-state index is -3.56. The SMILES string of the molecule is CC(CN(C)S(=O)(=O)c1ccn[nH]1)C(=N)N. The number of hydrogen-bond acceptors (Lipinski definition) is 4. The van der Waals surface area contributed by atoms with Crippen molar-refractivity contribution in [1.82, 2.24) is 14.5 Å². The molecule has 0 bridgehead atoms. The Bertz CT molecular complexity index is 453. The standard InChI is InChI=1S/C8H15N5O2S/c1-6(8(9)10)5-13(2)16(14,15)7-3-4-11-12-7/h3-4,6H,5H2,1-2H3,(H3,9,10)(H,11,12). The van der Waals surface area contributed by atoms with Crippen LogP contribution in [0.2, 0.25) is 0 Å². The first-order chi connectivity index (χ1) is 7.35. The largest absolute Gasteiger partial charge is 0.387 e. The lowest BCUT2D eigenvalue weighted by molar-refractivity contribution is 0.441. The van der Waals surface area contributed by atoms with E-state index in [0.29, 0.717) is 0 Å². The summed E-state index contributed by atoms with van der Waals surface area (Å²) in [5.41, 5.74) is 5.29. The van der Waals surface area contributed by atoms with Crippen LogP contribution < -0.4 is 5.73 Å². The van der Waals surface area contributed by atoms with E-state index in [4.69, 9.17) is 11.1 Å². The van der Waals surface area contributed by atoms with Crippen LogP contribution in [0.4, 0.5) is 0 Å². The van der Waals surface area contributed by atoms with Crippen molar-refractivity contribution >= 4 is 15.9 Å². The number of hydrogen-bond donors (Lipinski definition) is 3. The molecule has 1 heterocycles.